The van der Waals surface area contributed by atoms with Gasteiger partial charge in [0.2, 0.25) is 0 Å². The number of aromatic nitrogens is 4. The minimum Gasteiger partial charge on any atom is -0.373 e. The van der Waals surface area contributed by atoms with Crippen LogP contribution in [-0.2, 0) is 11.3 Å². The largest absolute Gasteiger partial charge is 0.373 e. The average Bonchev–Trinajstić information content (AvgIpc) is 3.24. The van der Waals surface area contributed by atoms with E-state index in [0.29, 0.717) is 17.3 Å². The summed E-state index contributed by atoms with van der Waals surface area (Å²) in [6.45, 7) is 6.24. The van der Waals surface area contributed by atoms with E-state index >= 15 is 0 Å². The Morgan fingerprint density at radius 1 is 1.59 bits per heavy atom. The monoisotopic (exact) mass is 300 g/mol. The zero-order valence-electron chi connectivity index (χ0n) is 12.8. The highest BCUT2D eigenvalue weighted by Crippen LogP contribution is 2.34. The van der Waals surface area contributed by atoms with E-state index in [2.05, 4.69) is 33.6 Å². The lowest BCUT2D eigenvalue weighted by atomic mass is 9.97. The highest BCUT2D eigenvalue weighted by molar-refractivity contribution is 5.53. The summed E-state index contributed by atoms with van der Waals surface area (Å²) in [5.74, 6) is 0.966. The molecule has 2 aromatic heterocycles. The Balaban J connectivity index is 1.67. The molecule has 2 atom stereocenters. The van der Waals surface area contributed by atoms with Crippen LogP contribution >= 0.6 is 0 Å². The number of nitrogens with zero attached hydrogens (tertiary/aromatic N) is 4. The predicted molar refractivity (Wildman–Crippen MR) is 81.2 cm³/mol. The van der Waals surface area contributed by atoms with E-state index < -0.39 is 0 Å². The SMILES string of the molecule is CCn1cc([C@H]2OCC[C@@H]2CNc2n[nH]c(C)c2C#N)cn1. The van der Waals surface area contributed by atoms with Crippen LogP contribution in [0.1, 0.15) is 36.3 Å². The first-order valence-electron chi connectivity index (χ1n) is 7.55. The molecule has 0 radical (unpaired) electrons. The lowest BCUT2D eigenvalue weighted by Gasteiger charge is -2.17. The molecule has 0 aliphatic carbocycles. The van der Waals surface area contributed by atoms with Gasteiger partial charge in [0.25, 0.3) is 0 Å². The number of ether oxygens (including phenoxy) is 1. The Labute approximate surface area is 129 Å². The fourth-order valence-electron chi connectivity index (χ4n) is 2.83. The third kappa shape index (κ3) is 2.70. The van der Waals surface area contributed by atoms with Crippen LogP contribution in [0.5, 0.6) is 0 Å². The summed E-state index contributed by atoms with van der Waals surface area (Å²) in [5.41, 5.74) is 2.48. The summed E-state index contributed by atoms with van der Waals surface area (Å²) in [6, 6.07) is 2.17. The van der Waals surface area contributed by atoms with Gasteiger partial charge in [-0.25, -0.2) is 0 Å². The molecule has 1 saturated heterocycles. The van der Waals surface area contributed by atoms with Gasteiger partial charge >= 0.3 is 0 Å². The third-order valence-electron chi connectivity index (χ3n) is 4.11. The first kappa shape index (κ1) is 14.6. The maximum atomic E-state index is 9.15. The van der Waals surface area contributed by atoms with Crippen LogP contribution in [0.15, 0.2) is 12.4 Å². The number of H-pyrrole nitrogens is 1. The summed E-state index contributed by atoms with van der Waals surface area (Å²) in [6.07, 6.45) is 4.97. The van der Waals surface area contributed by atoms with E-state index in [1.807, 2.05) is 24.0 Å². The van der Waals surface area contributed by atoms with Gasteiger partial charge in [-0.05, 0) is 20.3 Å². The van der Waals surface area contributed by atoms with Crippen LogP contribution < -0.4 is 5.32 Å². The van der Waals surface area contributed by atoms with Gasteiger partial charge in [-0.2, -0.15) is 15.5 Å². The molecule has 1 aliphatic heterocycles. The van der Waals surface area contributed by atoms with Crippen LogP contribution in [0.4, 0.5) is 5.82 Å². The molecule has 0 aromatic carbocycles. The molecular formula is C15H20N6O. The van der Waals surface area contributed by atoms with Gasteiger partial charge in [0.05, 0.1) is 18.0 Å². The highest BCUT2D eigenvalue weighted by atomic mass is 16.5. The Hall–Kier alpha value is -2.33. The van der Waals surface area contributed by atoms with Gasteiger partial charge in [-0.15, -0.1) is 0 Å². The molecular weight excluding hydrogens is 280 g/mol. The Kier molecular flexibility index (Phi) is 4.11. The van der Waals surface area contributed by atoms with Gasteiger partial charge in [0, 0.05) is 37.4 Å². The molecule has 0 amide bonds. The number of aryl methyl sites for hydroxylation is 2. The molecule has 3 rings (SSSR count). The first-order valence-corrected chi connectivity index (χ1v) is 7.55. The van der Waals surface area contributed by atoms with Crippen molar-refractivity contribution in [1.82, 2.24) is 20.0 Å². The quantitative estimate of drug-likeness (QED) is 0.881. The van der Waals surface area contributed by atoms with Crippen molar-refractivity contribution in [2.75, 3.05) is 18.5 Å². The van der Waals surface area contributed by atoms with E-state index in [-0.39, 0.29) is 6.10 Å². The molecule has 1 fully saturated rings. The van der Waals surface area contributed by atoms with Crippen molar-refractivity contribution >= 4 is 5.82 Å². The number of nitriles is 1. The molecule has 7 nitrogen and oxygen atoms in total. The Bertz CT molecular complexity index is 683. The molecule has 0 spiro atoms. The minimum absolute atomic E-state index is 0.0541. The van der Waals surface area contributed by atoms with Crippen LogP contribution in [-0.4, -0.2) is 33.1 Å². The molecule has 22 heavy (non-hydrogen) atoms. The summed E-state index contributed by atoms with van der Waals surface area (Å²) in [5, 5.41) is 23.7. The second-order valence-electron chi connectivity index (χ2n) is 5.53. The highest BCUT2D eigenvalue weighted by Gasteiger charge is 2.30. The van der Waals surface area contributed by atoms with E-state index in [9.17, 15) is 0 Å². The van der Waals surface area contributed by atoms with E-state index in [1.54, 1.807) is 0 Å². The van der Waals surface area contributed by atoms with Gasteiger partial charge < -0.3 is 10.1 Å². The number of hydrogen-bond donors (Lipinski definition) is 2. The summed E-state index contributed by atoms with van der Waals surface area (Å²) in [7, 11) is 0. The minimum atomic E-state index is 0.0541. The zero-order chi connectivity index (χ0) is 15.5. The maximum absolute atomic E-state index is 9.15. The van der Waals surface area contributed by atoms with Crippen molar-refractivity contribution in [3.8, 4) is 6.07 Å². The molecule has 0 unspecified atom stereocenters. The number of nitrogens with one attached hydrogen (secondary N) is 2. The van der Waals surface area contributed by atoms with Crippen LogP contribution in [0.25, 0.3) is 0 Å². The van der Waals surface area contributed by atoms with Gasteiger partial charge in [0.15, 0.2) is 5.82 Å². The molecule has 0 bridgehead atoms. The second-order valence-corrected chi connectivity index (χ2v) is 5.53. The molecule has 2 aromatic rings. The smallest absolute Gasteiger partial charge is 0.166 e. The van der Waals surface area contributed by atoms with Crippen LogP contribution in [0.2, 0.25) is 0 Å². The van der Waals surface area contributed by atoms with Gasteiger partial charge in [0.1, 0.15) is 11.6 Å². The average molecular weight is 300 g/mol. The topological polar surface area (TPSA) is 91.5 Å². The van der Waals surface area contributed by atoms with Crippen LogP contribution in [0.3, 0.4) is 0 Å². The second kappa shape index (κ2) is 6.20. The fourth-order valence-corrected chi connectivity index (χ4v) is 2.83. The van der Waals surface area contributed by atoms with Gasteiger partial charge in [-0.3, -0.25) is 9.78 Å². The first-order chi connectivity index (χ1) is 10.7. The summed E-state index contributed by atoms with van der Waals surface area (Å²) >= 11 is 0. The lowest BCUT2D eigenvalue weighted by Crippen LogP contribution is -2.18. The van der Waals surface area contributed by atoms with Crippen molar-refractivity contribution in [2.45, 2.75) is 32.9 Å². The molecule has 0 saturated carbocycles. The number of aromatic amines is 1. The normalized spacial score (nSPS) is 21.0. The number of hydrogen-bond acceptors (Lipinski definition) is 5. The van der Waals surface area contributed by atoms with Crippen molar-refractivity contribution in [3.05, 3.63) is 29.2 Å². The van der Waals surface area contributed by atoms with Gasteiger partial charge in [-0.1, -0.05) is 0 Å². The standard InChI is InChI=1S/C15H20N6O/c1-3-21-9-12(8-18-21)14-11(4-5-22-14)7-17-15-13(6-16)10(2)19-20-15/h8-9,11,14H,3-5,7H2,1-2H3,(H2,17,19,20)/t11-,14+/m1/s1. The van der Waals surface area contributed by atoms with Crippen molar-refractivity contribution < 1.29 is 4.74 Å². The molecule has 116 valence electrons. The molecule has 2 N–H and O–H groups in total. The third-order valence-corrected chi connectivity index (χ3v) is 4.11. The van der Waals surface area contributed by atoms with E-state index in [0.717, 1.165) is 37.4 Å². The van der Waals surface area contributed by atoms with Crippen molar-refractivity contribution in [2.24, 2.45) is 5.92 Å². The summed E-state index contributed by atoms with van der Waals surface area (Å²) in [4.78, 5) is 0. The fraction of sp³-hybridized carbons (Fsp3) is 0.533. The van der Waals surface area contributed by atoms with Crippen molar-refractivity contribution in [3.63, 3.8) is 0 Å². The summed E-state index contributed by atoms with van der Waals surface area (Å²) < 4.78 is 7.78. The lowest BCUT2D eigenvalue weighted by molar-refractivity contribution is 0.0932. The van der Waals surface area contributed by atoms with E-state index in [1.165, 1.54) is 0 Å². The predicted octanol–water partition coefficient (Wildman–Crippen LogP) is 2.00. The Morgan fingerprint density at radius 3 is 3.18 bits per heavy atom. The van der Waals surface area contributed by atoms with Crippen molar-refractivity contribution in [1.29, 1.82) is 5.26 Å². The molecule has 7 heteroatoms. The number of anilines is 1. The molecule has 3 heterocycles. The van der Waals surface area contributed by atoms with Crippen LogP contribution in [0, 0.1) is 24.2 Å². The molecule has 1 aliphatic rings. The Morgan fingerprint density at radius 2 is 2.45 bits per heavy atom. The number of rotatable bonds is 5. The maximum Gasteiger partial charge on any atom is 0.166 e. The van der Waals surface area contributed by atoms with E-state index in [4.69, 9.17) is 10.00 Å². The zero-order valence-corrected chi connectivity index (χ0v) is 12.8.